The van der Waals surface area contributed by atoms with E-state index in [0.717, 1.165) is 0 Å². The summed E-state index contributed by atoms with van der Waals surface area (Å²) >= 11 is 6.27. The summed E-state index contributed by atoms with van der Waals surface area (Å²) in [4.78, 5) is 27.6. The molecule has 0 spiro atoms. The Balaban J connectivity index is 1.95. The summed E-state index contributed by atoms with van der Waals surface area (Å²) in [6.07, 6.45) is 0. The topological polar surface area (TPSA) is 136 Å². The first-order valence-corrected chi connectivity index (χ1v) is 12.4. The molecule has 1 saturated heterocycles. The Hall–Kier alpha value is -3.86. The van der Waals surface area contributed by atoms with Crippen LogP contribution in [0.3, 0.4) is 0 Å². The molecule has 1 amide bonds. The summed E-state index contributed by atoms with van der Waals surface area (Å²) in [6, 6.07) is 15.6. The van der Waals surface area contributed by atoms with Gasteiger partial charge in [-0.15, -0.1) is 0 Å². The Kier molecular flexibility index (Phi) is 6.77. The predicted octanol–water partition coefficient (Wildman–Crippen LogP) is 3.63. The molecule has 186 valence electrons. The van der Waals surface area contributed by atoms with Crippen molar-refractivity contribution in [2.45, 2.75) is 10.9 Å². The number of carbonyl (C=O) groups is 2. The number of nitrogens with zero attached hydrogens (tertiary/aromatic N) is 1. The summed E-state index contributed by atoms with van der Waals surface area (Å²) in [7, 11) is -1.17. The summed E-state index contributed by atoms with van der Waals surface area (Å²) < 4.78 is 33.9. The molecule has 0 aromatic heterocycles. The van der Waals surface area contributed by atoms with Gasteiger partial charge in [0.1, 0.15) is 17.3 Å². The fraction of sp³-hybridized carbons (Fsp3) is 0.120. The average molecular weight is 529 g/mol. The molecule has 1 unspecified atom stereocenters. The summed E-state index contributed by atoms with van der Waals surface area (Å²) in [5.74, 6) is -1.88. The van der Waals surface area contributed by atoms with E-state index in [0.29, 0.717) is 11.3 Å². The number of carbonyl (C=O) groups excluding carboxylic acids is 2. The highest BCUT2D eigenvalue weighted by molar-refractivity contribution is 7.89. The largest absolute Gasteiger partial charge is 0.507 e. The molecule has 0 aliphatic carbocycles. The highest BCUT2D eigenvalue weighted by Gasteiger charge is 2.47. The van der Waals surface area contributed by atoms with Crippen molar-refractivity contribution in [3.8, 4) is 11.5 Å². The summed E-state index contributed by atoms with van der Waals surface area (Å²) in [5, 5.41) is 16.7. The van der Waals surface area contributed by atoms with E-state index in [4.69, 9.17) is 26.2 Å². The second-order valence-corrected chi connectivity index (χ2v) is 9.77. The van der Waals surface area contributed by atoms with Crippen molar-refractivity contribution < 1.29 is 32.6 Å². The number of aliphatic hydroxyl groups excluding tert-OH is 1. The third kappa shape index (κ3) is 4.41. The molecule has 9 nitrogen and oxygen atoms in total. The SMILES string of the molecule is COc1cc(OC)c(/C(O)=C2\C(=O)C(=O)N(c3ccc(S(N)(=O)=O)cc3)C2c2ccccc2)cc1Cl. The lowest BCUT2D eigenvalue weighted by atomic mass is 9.95. The minimum absolute atomic E-state index is 0.0896. The van der Waals surface area contributed by atoms with Crippen molar-refractivity contribution in [3.63, 3.8) is 0 Å². The number of methoxy groups -OCH3 is 2. The molecule has 4 rings (SSSR count). The molecule has 0 radical (unpaired) electrons. The van der Waals surface area contributed by atoms with Crippen molar-refractivity contribution >= 4 is 44.8 Å². The zero-order valence-corrected chi connectivity index (χ0v) is 20.7. The number of ketones is 1. The van der Waals surface area contributed by atoms with Crippen molar-refractivity contribution in [1.82, 2.24) is 0 Å². The van der Waals surface area contributed by atoms with Crippen molar-refractivity contribution in [2.24, 2.45) is 5.14 Å². The maximum atomic E-state index is 13.3. The van der Waals surface area contributed by atoms with E-state index in [9.17, 15) is 23.1 Å². The Morgan fingerprint density at radius 2 is 1.58 bits per heavy atom. The van der Waals surface area contributed by atoms with Crippen LogP contribution in [0.5, 0.6) is 11.5 Å². The van der Waals surface area contributed by atoms with Gasteiger partial charge in [0.15, 0.2) is 0 Å². The Morgan fingerprint density at radius 3 is 2.14 bits per heavy atom. The first kappa shape index (κ1) is 25.2. The van der Waals surface area contributed by atoms with E-state index < -0.39 is 33.5 Å². The van der Waals surface area contributed by atoms with Gasteiger partial charge in [-0.2, -0.15) is 0 Å². The van der Waals surface area contributed by atoms with Gasteiger partial charge in [-0.1, -0.05) is 41.9 Å². The molecule has 1 aliphatic heterocycles. The molecule has 11 heteroatoms. The molecule has 1 atom stereocenters. The van der Waals surface area contributed by atoms with Gasteiger partial charge >= 0.3 is 0 Å². The third-order valence-electron chi connectivity index (χ3n) is 5.73. The predicted molar refractivity (Wildman–Crippen MR) is 134 cm³/mol. The zero-order valence-electron chi connectivity index (χ0n) is 19.1. The second-order valence-electron chi connectivity index (χ2n) is 7.81. The molecule has 36 heavy (non-hydrogen) atoms. The smallest absolute Gasteiger partial charge is 0.300 e. The fourth-order valence-corrected chi connectivity index (χ4v) is 4.79. The van der Waals surface area contributed by atoms with Crippen LogP contribution in [0.1, 0.15) is 17.2 Å². The number of amides is 1. The van der Waals surface area contributed by atoms with Crippen molar-refractivity contribution in [3.05, 3.63) is 88.5 Å². The van der Waals surface area contributed by atoms with Gasteiger partial charge in [-0.3, -0.25) is 14.5 Å². The number of halogens is 1. The van der Waals surface area contributed by atoms with Crippen LogP contribution in [0.15, 0.2) is 77.2 Å². The minimum Gasteiger partial charge on any atom is -0.507 e. The van der Waals surface area contributed by atoms with Crippen molar-refractivity contribution in [1.29, 1.82) is 0 Å². The maximum Gasteiger partial charge on any atom is 0.300 e. The van der Waals surface area contributed by atoms with Gasteiger partial charge < -0.3 is 14.6 Å². The minimum atomic E-state index is -3.97. The number of hydrogen-bond donors (Lipinski definition) is 2. The van der Waals surface area contributed by atoms with E-state index in [1.54, 1.807) is 30.3 Å². The molecule has 3 aromatic carbocycles. The van der Waals surface area contributed by atoms with E-state index >= 15 is 0 Å². The number of aliphatic hydroxyl groups is 1. The van der Waals surface area contributed by atoms with E-state index in [1.807, 2.05) is 0 Å². The number of Topliss-reactive ketones (excluding diaryl/α,β-unsaturated/α-hetero) is 1. The highest BCUT2D eigenvalue weighted by atomic mass is 35.5. The van der Waals surface area contributed by atoms with Crippen LogP contribution in [0.2, 0.25) is 5.02 Å². The molecule has 1 fully saturated rings. The van der Waals surface area contributed by atoms with Gasteiger partial charge in [0.05, 0.1) is 41.3 Å². The van der Waals surface area contributed by atoms with Crippen LogP contribution in [-0.4, -0.2) is 39.4 Å². The van der Waals surface area contributed by atoms with E-state index in [1.165, 1.54) is 55.5 Å². The quantitative estimate of drug-likeness (QED) is 0.283. The molecule has 1 aliphatic rings. The molecular formula is C25H21ClN2O7S. The summed E-state index contributed by atoms with van der Waals surface area (Å²) in [6.45, 7) is 0. The summed E-state index contributed by atoms with van der Waals surface area (Å²) in [5.41, 5.74) is 0.664. The molecule has 3 aromatic rings. The number of sulfonamides is 1. The van der Waals surface area contributed by atoms with Crippen molar-refractivity contribution in [2.75, 3.05) is 19.1 Å². The fourth-order valence-electron chi connectivity index (χ4n) is 4.04. The number of anilines is 1. The van der Waals surface area contributed by atoms with Crippen LogP contribution >= 0.6 is 11.6 Å². The Labute approximate surface area is 212 Å². The monoisotopic (exact) mass is 528 g/mol. The first-order chi connectivity index (χ1) is 17.1. The lowest BCUT2D eigenvalue weighted by molar-refractivity contribution is -0.132. The molecule has 1 heterocycles. The standard InChI is InChI=1S/C25H21ClN2O7S/c1-34-19-13-20(35-2)18(26)12-17(19)23(29)21-22(14-6-4-3-5-7-14)28(25(31)24(21)30)15-8-10-16(11-9-15)36(27,32)33/h3-13,22,29H,1-2H3,(H2,27,32,33)/b23-21+. The lowest BCUT2D eigenvalue weighted by Crippen LogP contribution is -2.29. The van der Waals surface area contributed by atoms with Crippen LogP contribution < -0.4 is 19.5 Å². The second kappa shape index (κ2) is 9.65. The van der Waals surface area contributed by atoms with Crippen LogP contribution in [0, 0.1) is 0 Å². The normalized spacial score (nSPS) is 17.3. The molecule has 0 saturated carbocycles. The van der Waals surface area contributed by atoms with Crippen LogP contribution in [-0.2, 0) is 19.6 Å². The Morgan fingerprint density at radius 1 is 0.972 bits per heavy atom. The maximum absolute atomic E-state index is 13.3. The number of hydrogen-bond acceptors (Lipinski definition) is 7. The van der Waals surface area contributed by atoms with Crippen LogP contribution in [0.4, 0.5) is 5.69 Å². The van der Waals surface area contributed by atoms with Gasteiger partial charge in [0, 0.05) is 11.8 Å². The number of primary sulfonamides is 1. The van der Waals surface area contributed by atoms with Gasteiger partial charge in [0.25, 0.3) is 11.7 Å². The highest BCUT2D eigenvalue weighted by Crippen LogP contribution is 2.44. The van der Waals surface area contributed by atoms with Gasteiger partial charge in [-0.25, -0.2) is 13.6 Å². The Bertz CT molecular complexity index is 1490. The van der Waals surface area contributed by atoms with Crippen LogP contribution in [0.25, 0.3) is 5.76 Å². The van der Waals surface area contributed by atoms with E-state index in [-0.39, 0.29) is 32.5 Å². The lowest BCUT2D eigenvalue weighted by Gasteiger charge is -2.25. The third-order valence-corrected chi connectivity index (χ3v) is 6.96. The number of benzene rings is 3. The first-order valence-electron chi connectivity index (χ1n) is 10.5. The van der Waals surface area contributed by atoms with Gasteiger partial charge in [0.2, 0.25) is 10.0 Å². The van der Waals surface area contributed by atoms with E-state index in [2.05, 4.69) is 0 Å². The molecule has 3 N–H and O–H groups in total. The molecule has 0 bridgehead atoms. The molecular weight excluding hydrogens is 508 g/mol. The average Bonchev–Trinajstić information content (AvgIpc) is 3.13. The zero-order chi connectivity index (χ0) is 26.2. The number of nitrogens with two attached hydrogens (primary N) is 1. The van der Waals surface area contributed by atoms with Gasteiger partial charge in [-0.05, 0) is 35.9 Å². The number of ether oxygens (including phenoxy) is 2. The number of rotatable bonds is 6.